The SMILES string of the molecule is CC(C)(C)C1CCC2Oc3c(cc(NS(=O)(=O)c4cccc([N+](=O)[O-])c4)c4ccccc34)C2C1. The molecule has 0 saturated heterocycles. The van der Waals surface area contributed by atoms with Crippen LogP contribution in [0, 0.1) is 21.4 Å². The Morgan fingerprint density at radius 3 is 2.47 bits per heavy atom. The van der Waals surface area contributed by atoms with Gasteiger partial charge in [0.25, 0.3) is 15.7 Å². The van der Waals surface area contributed by atoms with E-state index in [2.05, 4.69) is 25.5 Å². The van der Waals surface area contributed by atoms with Crippen molar-refractivity contribution in [2.24, 2.45) is 11.3 Å². The summed E-state index contributed by atoms with van der Waals surface area (Å²) < 4.78 is 35.6. The van der Waals surface area contributed by atoms with Crippen molar-refractivity contribution in [3.05, 3.63) is 70.3 Å². The molecule has 34 heavy (non-hydrogen) atoms. The molecule has 1 heterocycles. The zero-order valence-corrected chi connectivity index (χ0v) is 20.3. The van der Waals surface area contributed by atoms with Gasteiger partial charge in [-0.3, -0.25) is 14.8 Å². The van der Waals surface area contributed by atoms with Crippen LogP contribution in [0.5, 0.6) is 5.75 Å². The number of sulfonamides is 1. The molecule has 1 saturated carbocycles. The van der Waals surface area contributed by atoms with Crippen LogP contribution in [0.15, 0.2) is 59.5 Å². The van der Waals surface area contributed by atoms with Gasteiger partial charge in [-0.05, 0) is 42.7 Å². The summed E-state index contributed by atoms with van der Waals surface area (Å²) in [6.45, 7) is 6.81. The van der Waals surface area contributed by atoms with E-state index in [0.717, 1.165) is 47.4 Å². The van der Waals surface area contributed by atoms with E-state index in [1.165, 1.54) is 18.2 Å². The molecule has 2 aliphatic rings. The van der Waals surface area contributed by atoms with Crippen LogP contribution in [0.3, 0.4) is 0 Å². The summed E-state index contributed by atoms with van der Waals surface area (Å²) in [5.74, 6) is 1.61. The minimum absolute atomic E-state index is 0.0978. The molecule has 1 aliphatic heterocycles. The van der Waals surface area contributed by atoms with Gasteiger partial charge in [0.05, 0.1) is 15.5 Å². The zero-order valence-electron chi connectivity index (χ0n) is 19.4. The average molecular weight is 481 g/mol. The van der Waals surface area contributed by atoms with Crippen LogP contribution >= 0.6 is 0 Å². The minimum Gasteiger partial charge on any atom is -0.489 e. The second-order valence-electron chi connectivity index (χ2n) is 10.4. The minimum atomic E-state index is -4.04. The summed E-state index contributed by atoms with van der Waals surface area (Å²) >= 11 is 0. The third-order valence-corrected chi connectivity index (χ3v) is 8.65. The van der Waals surface area contributed by atoms with Crippen molar-refractivity contribution >= 4 is 32.2 Å². The maximum Gasteiger partial charge on any atom is 0.270 e. The van der Waals surface area contributed by atoms with Gasteiger partial charge in [0.2, 0.25) is 0 Å². The quantitative estimate of drug-likeness (QED) is 0.352. The Balaban J connectivity index is 1.58. The molecule has 178 valence electrons. The van der Waals surface area contributed by atoms with Crippen molar-refractivity contribution in [1.29, 1.82) is 0 Å². The fourth-order valence-electron chi connectivity index (χ4n) is 5.38. The second-order valence-corrected chi connectivity index (χ2v) is 12.1. The first-order valence-electron chi connectivity index (χ1n) is 11.5. The van der Waals surface area contributed by atoms with E-state index in [4.69, 9.17) is 4.74 Å². The Hall–Kier alpha value is -3.13. The maximum atomic E-state index is 13.2. The molecule has 8 heteroatoms. The highest BCUT2D eigenvalue weighted by molar-refractivity contribution is 7.92. The number of benzene rings is 3. The molecule has 5 rings (SSSR count). The number of ether oxygens (including phenoxy) is 1. The Morgan fingerprint density at radius 1 is 1.03 bits per heavy atom. The monoisotopic (exact) mass is 480 g/mol. The predicted molar refractivity (Wildman–Crippen MR) is 132 cm³/mol. The van der Waals surface area contributed by atoms with Gasteiger partial charge in [0, 0.05) is 34.4 Å². The number of hydrogen-bond donors (Lipinski definition) is 1. The molecule has 0 spiro atoms. The Kier molecular flexibility index (Phi) is 5.31. The normalized spacial score (nSPS) is 22.0. The lowest BCUT2D eigenvalue weighted by atomic mass is 9.67. The molecule has 3 aromatic carbocycles. The van der Waals surface area contributed by atoms with Crippen LogP contribution in [0.4, 0.5) is 11.4 Å². The van der Waals surface area contributed by atoms with Crippen molar-refractivity contribution in [1.82, 2.24) is 0 Å². The van der Waals surface area contributed by atoms with Crippen LogP contribution in [-0.4, -0.2) is 19.4 Å². The van der Waals surface area contributed by atoms with Gasteiger partial charge in [-0.1, -0.05) is 51.1 Å². The van der Waals surface area contributed by atoms with E-state index in [0.29, 0.717) is 11.6 Å². The fraction of sp³-hybridized carbons (Fsp3) is 0.385. The van der Waals surface area contributed by atoms with Gasteiger partial charge in [-0.15, -0.1) is 0 Å². The van der Waals surface area contributed by atoms with Crippen LogP contribution in [0.25, 0.3) is 10.8 Å². The topological polar surface area (TPSA) is 98.5 Å². The van der Waals surface area contributed by atoms with E-state index in [1.54, 1.807) is 0 Å². The molecular weight excluding hydrogens is 452 g/mol. The number of hydrogen-bond acceptors (Lipinski definition) is 5. The molecule has 0 bridgehead atoms. The van der Waals surface area contributed by atoms with Gasteiger partial charge in [0.15, 0.2) is 0 Å². The van der Waals surface area contributed by atoms with Gasteiger partial charge in [-0.25, -0.2) is 8.42 Å². The van der Waals surface area contributed by atoms with Crippen molar-refractivity contribution in [2.75, 3.05) is 4.72 Å². The molecule has 3 aromatic rings. The largest absolute Gasteiger partial charge is 0.489 e. The highest BCUT2D eigenvalue weighted by atomic mass is 32.2. The lowest BCUT2D eigenvalue weighted by Gasteiger charge is -2.38. The van der Waals surface area contributed by atoms with Crippen molar-refractivity contribution in [3.8, 4) is 5.75 Å². The molecule has 0 radical (unpaired) electrons. The molecule has 1 N–H and O–H groups in total. The first-order valence-corrected chi connectivity index (χ1v) is 13.0. The molecule has 1 fully saturated rings. The lowest BCUT2D eigenvalue weighted by Crippen LogP contribution is -2.33. The highest BCUT2D eigenvalue weighted by Gasteiger charge is 2.43. The molecule has 7 nitrogen and oxygen atoms in total. The lowest BCUT2D eigenvalue weighted by molar-refractivity contribution is -0.385. The zero-order chi connectivity index (χ0) is 24.3. The molecule has 3 unspecified atom stereocenters. The first kappa shape index (κ1) is 22.7. The number of anilines is 1. The summed E-state index contributed by atoms with van der Waals surface area (Å²) in [7, 11) is -4.04. The summed E-state index contributed by atoms with van der Waals surface area (Å²) in [4.78, 5) is 10.4. The third kappa shape index (κ3) is 3.90. The van der Waals surface area contributed by atoms with Gasteiger partial charge >= 0.3 is 0 Å². The number of nitrogens with zero attached hydrogens (tertiary/aromatic N) is 1. The number of fused-ring (bicyclic) bond motifs is 5. The maximum absolute atomic E-state index is 13.2. The molecular formula is C26H28N2O5S. The van der Waals surface area contributed by atoms with E-state index >= 15 is 0 Å². The summed E-state index contributed by atoms with van der Waals surface area (Å²) in [6.07, 6.45) is 3.18. The van der Waals surface area contributed by atoms with Crippen LogP contribution in [-0.2, 0) is 10.0 Å². The van der Waals surface area contributed by atoms with E-state index in [9.17, 15) is 18.5 Å². The number of nitro benzene ring substituents is 1. The third-order valence-electron chi connectivity index (χ3n) is 7.29. The van der Waals surface area contributed by atoms with Crippen LogP contribution in [0.2, 0.25) is 0 Å². The summed E-state index contributed by atoms with van der Waals surface area (Å²) in [6, 6.07) is 14.6. The predicted octanol–water partition coefficient (Wildman–Crippen LogP) is 6.24. The number of non-ortho nitro benzene ring substituents is 1. The standard InChI is InChI=1S/C26H28N2O5S/c1-26(2,3)16-11-12-24-21(13-16)22-15-23(19-9-4-5-10-20(19)25(22)33-24)27-34(31,32)18-8-6-7-17(14-18)28(29)30/h4-10,14-16,21,24,27H,11-13H2,1-3H3. The van der Waals surface area contributed by atoms with Gasteiger partial charge in [-0.2, -0.15) is 0 Å². The number of nitrogens with one attached hydrogen (secondary N) is 1. The van der Waals surface area contributed by atoms with Crippen LogP contribution < -0.4 is 9.46 Å². The summed E-state index contributed by atoms with van der Waals surface area (Å²) in [5.41, 5.74) is 1.42. The Bertz CT molecular complexity index is 1390. The Morgan fingerprint density at radius 2 is 1.76 bits per heavy atom. The van der Waals surface area contributed by atoms with E-state index < -0.39 is 14.9 Å². The number of nitro groups is 1. The number of rotatable bonds is 4. The van der Waals surface area contributed by atoms with Crippen molar-refractivity contribution in [3.63, 3.8) is 0 Å². The van der Waals surface area contributed by atoms with Crippen molar-refractivity contribution < 1.29 is 18.1 Å². The van der Waals surface area contributed by atoms with Crippen LogP contribution in [0.1, 0.15) is 51.5 Å². The average Bonchev–Trinajstić information content (AvgIpc) is 3.16. The molecule has 0 aromatic heterocycles. The van der Waals surface area contributed by atoms with E-state index in [-0.39, 0.29) is 28.0 Å². The van der Waals surface area contributed by atoms with Gasteiger partial charge in [0.1, 0.15) is 11.9 Å². The smallest absolute Gasteiger partial charge is 0.270 e. The fourth-order valence-corrected chi connectivity index (χ4v) is 6.49. The highest BCUT2D eigenvalue weighted by Crippen LogP contribution is 2.54. The molecule has 3 atom stereocenters. The second kappa shape index (κ2) is 7.98. The molecule has 0 amide bonds. The Labute approximate surface area is 199 Å². The van der Waals surface area contributed by atoms with E-state index in [1.807, 2.05) is 30.3 Å². The first-order chi connectivity index (χ1) is 16.0. The summed E-state index contributed by atoms with van der Waals surface area (Å²) in [5, 5.41) is 12.8. The molecule has 1 aliphatic carbocycles. The van der Waals surface area contributed by atoms with Crippen molar-refractivity contribution in [2.45, 2.75) is 57.0 Å². The van der Waals surface area contributed by atoms with Gasteiger partial charge < -0.3 is 4.74 Å².